The van der Waals surface area contributed by atoms with Crippen molar-refractivity contribution in [2.45, 2.75) is 19.4 Å². The summed E-state index contributed by atoms with van der Waals surface area (Å²) in [6, 6.07) is 6.27. The molecule has 1 aromatic heterocycles. The van der Waals surface area contributed by atoms with Crippen molar-refractivity contribution in [1.82, 2.24) is 9.59 Å². The fourth-order valence-corrected chi connectivity index (χ4v) is 2.19. The smallest absolute Gasteiger partial charge is 0.123 e. The second-order valence-electron chi connectivity index (χ2n) is 3.66. The predicted molar refractivity (Wildman–Crippen MR) is 61.7 cm³/mol. The summed E-state index contributed by atoms with van der Waals surface area (Å²) < 4.78 is 16.6. The quantitative estimate of drug-likeness (QED) is 0.890. The Morgan fingerprint density at radius 1 is 1.38 bits per heavy atom. The Labute approximate surface area is 97.3 Å². The Bertz CT molecular complexity index is 466. The first-order valence-electron chi connectivity index (χ1n) is 4.95. The van der Waals surface area contributed by atoms with Crippen molar-refractivity contribution in [3.63, 3.8) is 0 Å². The van der Waals surface area contributed by atoms with Crippen LogP contribution < -0.4 is 5.73 Å². The molecule has 5 heteroatoms. The SMILES string of the molecule is Cc1nnsc1C(N)Cc1ccc(F)cc1. The molecule has 0 bridgehead atoms. The zero-order valence-electron chi connectivity index (χ0n) is 8.85. The highest BCUT2D eigenvalue weighted by Gasteiger charge is 2.13. The monoisotopic (exact) mass is 237 g/mol. The van der Waals surface area contributed by atoms with Crippen LogP contribution in [-0.2, 0) is 6.42 Å². The molecule has 0 aliphatic carbocycles. The Kier molecular flexibility index (Phi) is 3.26. The van der Waals surface area contributed by atoms with Crippen LogP contribution in [-0.4, -0.2) is 9.59 Å². The molecule has 0 radical (unpaired) electrons. The number of hydrogen-bond donors (Lipinski definition) is 1. The summed E-state index contributed by atoms with van der Waals surface area (Å²) in [5.74, 6) is -0.229. The molecule has 0 saturated carbocycles. The van der Waals surface area contributed by atoms with E-state index in [1.807, 2.05) is 6.92 Å². The van der Waals surface area contributed by atoms with E-state index in [9.17, 15) is 4.39 Å². The first-order valence-corrected chi connectivity index (χ1v) is 5.73. The Hall–Kier alpha value is -1.33. The van der Waals surface area contributed by atoms with E-state index < -0.39 is 0 Å². The zero-order chi connectivity index (χ0) is 11.5. The van der Waals surface area contributed by atoms with Crippen LogP contribution in [0.25, 0.3) is 0 Å². The lowest BCUT2D eigenvalue weighted by Crippen LogP contribution is -2.13. The summed E-state index contributed by atoms with van der Waals surface area (Å²) in [5.41, 5.74) is 7.94. The highest BCUT2D eigenvalue weighted by molar-refractivity contribution is 7.05. The van der Waals surface area contributed by atoms with Gasteiger partial charge in [0.2, 0.25) is 0 Å². The van der Waals surface area contributed by atoms with Gasteiger partial charge in [0.05, 0.1) is 10.6 Å². The van der Waals surface area contributed by atoms with Gasteiger partial charge in [-0.25, -0.2) is 4.39 Å². The van der Waals surface area contributed by atoms with E-state index in [0.717, 1.165) is 16.1 Å². The third-order valence-electron chi connectivity index (χ3n) is 2.39. The van der Waals surface area contributed by atoms with Crippen molar-refractivity contribution in [3.05, 3.63) is 46.2 Å². The van der Waals surface area contributed by atoms with Crippen LogP contribution in [0, 0.1) is 12.7 Å². The molecule has 1 atom stereocenters. The molecule has 0 aliphatic heterocycles. The molecule has 3 nitrogen and oxygen atoms in total. The second kappa shape index (κ2) is 4.67. The molecule has 0 spiro atoms. The number of nitrogens with zero attached hydrogens (tertiary/aromatic N) is 2. The van der Waals surface area contributed by atoms with Gasteiger partial charge in [-0.15, -0.1) is 5.10 Å². The summed E-state index contributed by atoms with van der Waals surface area (Å²) in [7, 11) is 0. The van der Waals surface area contributed by atoms with E-state index in [0.29, 0.717) is 6.42 Å². The fourth-order valence-electron chi connectivity index (χ4n) is 1.54. The summed E-state index contributed by atoms with van der Waals surface area (Å²) in [6.07, 6.45) is 0.672. The molecule has 0 amide bonds. The van der Waals surface area contributed by atoms with Gasteiger partial charge < -0.3 is 5.73 Å². The first-order chi connectivity index (χ1) is 7.66. The molecule has 2 aromatic rings. The maximum Gasteiger partial charge on any atom is 0.123 e. The van der Waals surface area contributed by atoms with Crippen molar-refractivity contribution >= 4 is 11.5 Å². The lowest BCUT2D eigenvalue weighted by Gasteiger charge is -2.09. The van der Waals surface area contributed by atoms with Crippen molar-refractivity contribution in [2.24, 2.45) is 5.73 Å². The lowest BCUT2D eigenvalue weighted by atomic mass is 10.0. The van der Waals surface area contributed by atoms with Gasteiger partial charge >= 0.3 is 0 Å². The van der Waals surface area contributed by atoms with Gasteiger partial charge in [-0.2, -0.15) is 0 Å². The van der Waals surface area contributed by atoms with Crippen LogP contribution >= 0.6 is 11.5 Å². The molecule has 16 heavy (non-hydrogen) atoms. The molecule has 2 rings (SSSR count). The van der Waals surface area contributed by atoms with Crippen LogP contribution in [0.2, 0.25) is 0 Å². The first kappa shape index (κ1) is 11.2. The fraction of sp³-hybridized carbons (Fsp3) is 0.273. The minimum atomic E-state index is -0.229. The zero-order valence-corrected chi connectivity index (χ0v) is 9.67. The van der Waals surface area contributed by atoms with Crippen LogP contribution in [0.5, 0.6) is 0 Å². The Morgan fingerprint density at radius 3 is 2.62 bits per heavy atom. The second-order valence-corrected chi connectivity index (χ2v) is 4.45. The minimum absolute atomic E-state index is 0.120. The Balaban J connectivity index is 2.10. The third kappa shape index (κ3) is 2.43. The molecule has 0 saturated heterocycles. The van der Waals surface area contributed by atoms with Gasteiger partial charge in [0.1, 0.15) is 5.82 Å². The molecule has 1 heterocycles. The van der Waals surface area contributed by atoms with E-state index in [1.165, 1.54) is 23.7 Å². The molecule has 2 N–H and O–H groups in total. The molecule has 0 fully saturated rings. The van der Waals surface area contributed by atoms with Crippen LogP contribution in [0.1, 0.15) is 22.2 Å². The van der Waals surface area contributed by atoms with Gasteiger partial charge in [0.15, 0.2) is 0 Å². The van der Waals surface area contributed by atoms with E-state index in [-0.39, 0.29) is 11.9 Å². The van der Waals surface area contributed by atoms with E-state index in [4.69, 9.17) is 5.73 Å². The summed E-state index contributed by atoms with van der Waals surface area (Å²) in [4.78, 5) is 0.990. The molecular weight excluding hydrogens is 225 g/mol. The van der Waals surface area contributed by atoms with Gasteiger partial charge in [0.25, 0.3) is 0 Å². The predicted octanol–water partition coefficient (Wildman–Crippen LogP) is 2.23. The standard InChI is InChI=1S/C11H12FN3S/c1-7-11(16-15-14-7)10(13)6-8-2-4-9(12)5-3-8/h2-5,10H,6,13H2,1H3. The van der Waals surface area contributed by atoms with Crippen LogP contribution in [0.4, 0.5) is 4.39 Å². The average molecular weight is 237 g/mol. The van der Waals surface area contributed by atoms with Gasteiger partial charge in [-0.05, 0) is 42.6 Å². The van der Waals surface area contributed by atoms with Crippen molar-refractivity contribution < 1.29 is 4.39 Å². The van der Waals surface area contributed by atoms with E-state index in [2.05, 4.69) is 9.59 Å². The maximum absolute atomic E-state index is 12.7. The summed E-state index contributed by atoms with van der Waals surface area (Å²) >= 11 is 1.32. The van der Waals surface area contributed by atoms with Crippen molar-refractivity contribution in [1.29, 1.82) is 0 Å². The number of benzene rings is 1. The van der Waals surface area contributed by atoms with Gasteiger partial charge in [-0.1, -0.05) is 16.6 Å². The Morgan fingerprint density at radius 2 is 2.06 bits per heavy atom. The van der Waals surface area contributed by atoms with E-state index in [1.54, 1.807) is 12.1 Å². The summed E-state index contributed by atoms with van der Waals surface area (Å²) in [6.45, 7) is 1.89. The number of halogens is 1. The van der Waals surface area contributed by atoms with Crippen molar-refractivity contribution in [2.75, 3.05) is 0 Å². The maximum atomic E-state index is 12.7. The van der Waals surface area contributed by atoms with Gasteiger partial charge in [-0.3, -0.25) is 0 Å². The van der Waals surface area contributed by atoms with Crippen molar-refractivity contribution in [3.8, 4) is 0 Å². The van der Waals surface area contributed by atoms with Crippen LogP contribution in [0.3, 0.4) is 0 Å². The summed E-state index contributed by atoms with van der Waals surface area (Å²) in [5, 5.41) is 3.92. The molecule has 0 aliphatic rings. The largest absolute Gasteiger partial charge is 0.323 e. The average Bonchev–Trinajstić information content (AvgIpc) is 2.68. The van der Waals surface area contributed by atoms with Crippen LogP contribution in [0.15, 0.2) is 24.3 Å². The number of hydrogen-bond acceptors (Lipinski definition) is 4. The molecule has 1 aromatic carbocycles. The minimum Gasteiger partial charge on any atom is -0.323 e. The normalized spacial score (nSPS) is 12.7. The highest BCUT2D eigenvalue weighted by Crippen LogP contribution is 2.21. The third-order valence-corrected chi connectivity index (χ3v) is 3.35. The lowest BCUT2D eigenvalue weighted by molar-refractivity contribution is 0.625. The number of nitrogens with two attached hydrogens (primary N) is 1. The van der Waals surface area contributed by atoms with E-state index >= 15 is 0 Å². The molecular formula is C11H12FN3S. The number of aromatic nitrogens is 2. The number of aryl methyl sites for hydroxylation is 1. The topological polar surface area (TPSA) is 51.8 Å². The molecule has 1 unspecified atom stereocenters. The highest BCUT2D eigenvalue weighted by atomic mass is 32.1. The number of rotatable bonds is 3. The van der Waals surface area contributed by atoms with Gasteiger partial charge in [0, 0.05) is 6.04 Å². The molecule has 84 valence electrons.